The van der Waals surface area contributed by atoms with Gasteiger partial charge in [0.25, 0.3) is 0 Å². The maximum Gasteiger partial charge on any atom is 0.122 e. The number of aromatic amines is 1. The first-order chi connectivity index (χ1) is 15.7. The van der Waals surface area contributed by atoms with Gasteiger partial charge in [0.2, 0.25) is 0 Å². The lowest BCUT2D eigenvalue weighted by Crippen LogP contribution is -2.11. The number of fused-ring (bicyclic) bond motifs is 1. The minimum Gasteiger partial charge on any atom is -0.340 e. The Morgan fingerprint density at radius 2 is 1.66 bits per heavy atom. The van der Waals surface area contributed by atoms with E-state index in [0.717, 1.165) is 51.7 Å². The molecule has 0 bridgehead atoms. The third-order valence-electron chi connectivity index (χ3n) is 5.16. The summed E-state index contributed by atoms with van der Waals surface area (Å²) in [6.07, 6.45) is 3.42. The number of imidazole rings is 1. The van der Waals surface area contributed by atoms with E-state index in [1.807, 2.05) is 43.3 Å². The number of hydrogen-bond acceptors (Lipinski definition) is 5. The summed E-state index contributed by atoms with van der Waals surface area (Å²) in [6, 6.07) is 22.5. The predicted octanol–water partition coefficient (Wildman–Crippen LogP) is 5.74. The van der Waals surface area contributed by atoms with E-state index in [2.05, 4.69) is 71.3 Å². The average molecular weight is 532 g/mol. The third-order valence-corrected chi connectivity index (χ3v) is 5.84. The van der Waals surface area contributed by atoms with Crippen LogP contribution in [0.25, 0.3) is 33.7 Å². The molecule has 0 saturated carbocycles. The van der Waals surface area contributed by atoms with E-state index in [0.29, 0.717) is 6.54 Å². The standard InChI is InChI=1S/C25H21IN6/c1-17-6-5-9-21(29-17)25-24(19-10-11-20-22(14-19)28-13-12-27-20)30-23(31-25)16-32(26)15-18-7-3-2-4-8-18/h2-14H,15-16H2,1H3,(H,30,31). The molecule has 2 aromatic carbocycles. The number of halogens is 1. The van der Waals surface area contributed by atoms with Crippen molar-refractivity contribution in [2.75, 3.05) is 0 Å². The average Bonchev–Trinajstić information content (AvgIpc) is 3.23. The minimum atomic E-state index is 0.682. The van der Waals surface area contributed by atoms with Crippen LogP contribution in [0.15, 0.2) is 79.1 Å². The SMILES string of the molecule is Cc1cccc(-c2nc(CN(I)Cc3ccccc3)[nH]c2-c2ccc3nccnc3c2)n1. The summed E-state index contributed by atoms with van der Waals surface area (Å²) in [7, 11) is 0. The van der Waals surface area contributed by atoms with E-state index in [-0.39, 0.29) is 0 Å². The van der Waals surface area contributed by atoms with Crippen LogP contribution in [0.5, 0.6) is 0 Å². The lowest BCUT2D eigenvalue weighted by atomic mass is 10.1. The second-order valence-electron chi connectivity index (χ2n) is 7.60. The first-order valence-electron chi connectivity index (χ1n) is 10.3. The van der Waals surface area contributed by atoms with E-state index in [1.54, 1.807) is 12.4 Å². The largest absolute Gasteiger partial charge is 0.340 e. The highest BCUT2D eigenvalue weighted by atomic mass is 127. The van der Waals surface area contributed by atoms with E-state index in [9.17, 15) is 0 Å². The molecule has 32 heavy (non-hydrogen) atoms. The molecule has 5 rings (SSSR count). The van der Waals surface area contributed by atoms with Crippen molar-refractivity contribution in [2.24, 2.45) is 0 Å². The van der Waals surface area contributed by atoms with Crippen LogP contribution in [-0.2, 0) is 13.1 Å². The number of nitrogens with zero attached hydrogens (tertiary/aromatic N) is 5. The van der Waals surface area contributed by atoms with Gasteiger partial charge in [-0.15, -0.1) is 0 Å². The van der Waals surface area contributed by atoms with E-state index in [1.165, 1.54) is 5.56 Å². The predicted molar refractivity (Wildman–Crippen MR) is 135 cm³/mol. The Morgan fingerprint density at radius 1 is 0.844 bits per heavy atom. The van der Waals surface area contributed by atoms with E-state index in [4.69, 9.17) is 9.97 Å². The van der Waals surface area contributed by atoms with Gasteiger partial charge in [0.1, 0.15) is 11.5 Å². The number of aryl methyl sites for hydroxylation is 1. The first-order valence-corrected chi connectivity index (χ1v) is 11.3. The Hall–Kier alpha value is -3.17. The van der Waals surface area contributed by atoms with Crippen molar-refractivity contribution >= 4 is 33.9 Å². The minimum absolute atomic E-state index is 0.682. The number of hydrogen-bond donors (Lipinski definition) is 1. The fourth-order valence-electron chi connectivity index (χ4n) is 3.69. The van der Waals surface area contributed by atoms with Crippen LogP contribution in [0, 0.1) is 6.92 Å². The Morgan fingerprint density at radius 3 is 2.47 bits per heavy atom. The molecule has 0 aliphatic rings. The molecular weight excluding hydrogens is 511 g/mol. The summed E-state index contributed by atoms with van der Waals surface area (Å²) in [4.78, 5) is 22.1. The van der Waals surface area contributed by atoms with Crippen LogP contribution >= 0.6 is 22.9 Å². The molecule has 0 unspecified atom stereocenters. The van der Waals surface area contributed by atoms with E-state index < -0.39 is 0 Å². The van der Waals surface area contributed by atoms with Crippen LogP contribution in [0.3, 0.4) is 0 Å². The summed E-state index contributed by atoms with van der Waals surface area (Å²) >= 11 is 2.36. The fourth-order valence-corrected chi connectivity index (χ4v) is 4.40. The molecule has 158 valence electrons. The third kappa shape index (κ3) is 4.53. The lowest BCUT2D eigenvalue weighted by molar-refractivity contribution is 0.490. The highest BCUT2D eigenvalue weighted by Crippen LogP contribution is 2.31. The van der Waals surface area contributed by atoms with Gasteiger partial charge in [0.15, 0.2) is 0 Å². The van der Waals surface area contributed by atoms with Crippen LogP contribution < -0.4 is 0 Å². The van der Waals surface area contributed by atoms with Gasteiger partial charge in [0.05, 0.1) is 29.0 Å². The van der Waals surface area contributed by atoms with Crippen LogP contribution in [0.1, 0.15) is 17.1 Å². The summed E-state index contributed by atoms with van der Waals surface area (Å²) in [6.45, 7) is 3.51. The molecule has 0 radical (unpaired) electrons. The maximum atomic E-state index is 4.96. The summed E-state index contributed by atoms with van der Waals surface area (Å²) in [5, 5.41) is 0. The fraction of sp³-hybridized carbons (Fsp3) is 0.120. The molecule has 5 aromatic rings. The van der Waals surface area contributed by atoms with Gasteiger partial charge in [0, 0.05) is 53.1 Å². The van der Waals surface area contributed by atoms with Crippen molar-refractivity contribution in [2.45, 2.75) is 20.0 Å². The summed E-state index contributed by atoms with van der Waals surface area (Å²) in [5.74, 6) is 0.892. The first kappa shape index (κ1) is 20.7. The maximum absolute atomic E-state index is 4.96. The number of pyridine rings is 1. The smallest absolute Gasteiger partial charge is 0.122 e. The van der Waals surface area contributed by atoms with Gasteiger partial charge >= 0.3 is 0 Å². The highest BCUT2D eigenvalue weighted by Gasteiger charge is 2.17. The molecule has 3 heterocycles. The van der Waals surface area contributed by atoms with Crippen molar-refractivity contribution in [1.82, 2.24) is 28.0 Å². The normalized spacial score (nSPS) is 11.3. The van der Waals surface area contributed by atoms with Crippen molar-refractivity contribution in [1.29, 1.82) is 0 Å². The second-order valence-corrected chi connectivity index (χ2v) is 8.96. The molecule has 0 saturated heterocycles. The zero-order valence-electron chi connectivity index (χ0n) is 17.5. The summed E-state index contributed by atoms with van der Waals surface area (Å²) in [5.41, 5.74) is 7.59. The molecule has 0 atom stereocenters. The number of benzene rings is 2. The lowest BCUT2D eigenvalue weighted by Gasteiger charge is -2.12. The highest BCUT2D eigenvalue weighted by molar-refractivity contribution is 14.1. The molecule has 0 spiro atoms. The Labute approximate surface area is 200 Å². The number of rotatable bonds is 6. The van der Waals surface area contributed by atoms with Crippen molar-refractivity contribution in [3.63, 3.8) is 0 Å². The Balaban J connectivity index is 1.53. The monoisotopic (exact) mass is 532 g/mol. The molecule has 1 N–H and O–H groups in total. The molecular formula is C25H21IN6. The van der Waals surface area contributed by atoms with Gasteiger partial charge in [-0.1, -0.05) is 42.5 Å². The van der Waals surface area contributed by atoms with Gasteiger partial charge in [-0.3, -0.25) is 15.0 Å². The number of aromatic nitrogens is 5. The summed E-state index contributed by atoms with van der Waals surface area (Å²) < 4.78 is 2.22. The van der Waals surface area contributed by atoms with Crippen molar-refractivity contribution < 1.29 is 0 Å². The zero-order chi connectivity index (χ0) is 21.9. The van der Waals surface area contributed by atoms with Crippen molar-refractivity contribution in [3.05, 3.63) is 96.2 Å². The Kier molecular flexibility index (Phi) is 5.91. The molecule has 0 fully saturated rings. The van der Waals surface area contributed by atoms with Crippen LogP contribution in [0.2, 0.25) is 0 Å². The molecule has 6 nitrogen and oxygen atoms in total. The zero-order valence-corrected chi connectivity index (χ0v) is 19.7. The van der Waals surface area contributed by atoms with Crippen LogP contribution in [0.4, 0.5) is 0 Å². The topological polar surface area (TPSA) is 70.6 Å². The molecule has 0 aliphatic carbocycles. The van der Waals surface area contributed by atoms with E-state index >= 15 is 0 Å². The quantitative estimate of drug-likeness (QED) is 0.223. The number of nitrogens with one attached hydrogen (secondary N) is 1. The van der Waals surface area contributed by atoms with Gasteiger partial charge in [-0.25, -0.2) is 8.10 Å². The van der Waals surface area contributed by atoms with Crippen molar-refractivity contribution in [3.8, 4) is 22.6 Å². The second kappa shape index (κ2) is 9.13. The Bertz CT molecular complexity index is 1370. The molecule has 3 aromatic heterocycles. The molecule has 7 heteroatoms. The van der Waals surface area contributed by atoms with Gasteiger partial charge in [-0.05, 0) is 36.8 Å². The molecule has 0 aliphatic heterocycles. The number of H-pyrrole nitrogens is 1. The van der Waals surface area contributed by atoms with Crippen LogP contribution in [-0.4, -0.2) is 28.0 Å². The van der Waals surface area contributed by atoms with Gasteiger partial charge in [-0.2, -0.15) is 0 Å². The van der Waals surface area contributed by atoms with Gasteiger partial charge < -0.3 is 4.98 Å². The molecule has 0 amide bonds.